The topological polar surface area (TPSA) is 61.8 Å². The van der Waals surface area contributed by atoms with Crippen molar-refractivity contribution in [3.63, 3.8) is 0 Å². The maximum Gasteiger partial charge on any atom is 0.325 e. The van der Waals surface area contributed by atoms with Crippen LogP contribution in [0.3, 0.4) is 0 Å². The van der Waals surface area contributed by atoms with E-state index in [1.165, 1.54) is 0 Å². The van der Waals surface area contributed by atoms with Crippen LogP contribution in [0.25, 0.3) is 0 Å². The first-order chi connectivity index (χ1) is 8.95. The molecule has 0 saturated carbocycles. The summed E-state index contributed by atoms with van der Waals surface area (Å²) >= 11 is 3.38. The molecule has 0 aliphatic heterocycles. The lowest BCUT2D eigenvalue weighted by atomic mass is 10.1. The van der Waals surface area contributed by atoms with Crippen LogP contribution in [-0.4, -0.2) is 50.3 Å². The predicted octanol–water partition coefficient (Wildman–Crippen LogP) is 1.73. The number of ether oxygens (including phenoxy) is 1. The summed E-state index contributed by atoms with van der Waals surface area (Å²) in [6.45, 7) is 1.36. The van der Waals surface area contributed by atoms with Crippen LogP contribution in [0.4, 0.5) is 0 Å². The first kappa shape index (κ1) is 15.9. The average molecular weight is 331 g/mol. The van der Waals surface area contributed by atoms with Gasteiger partial charge in [-0.15, -0.1) is 0 Å². The van der Waals surface area contributed by atoms with E-state index in [2.05, 4.69) is 21.2 Å². The third-order valence-electron chi connectivity index (χ3n) is 2.67. The van der Waals surface area contributed by atoms with Gasteiger partial charge in [0.2, 0.25) is 0 Å². The maximum absolute atomic E-state index is 11.4. The summed E-state index contributed by atoms with van der Waals surface area (Å²) < 4.78 is 5.88. The monoisotopic (exact) mass is 330 g/mol. The Morgan fingerprint density at radius 3 is 2.74 bits per heavy atom. The summed E-state index contributed by atoms with van der Waals surface area (Å²) in [5.74, 6) is -0.272. The van der Waals surface area contributed by atoms with Crippen molar-refractivity contribution in [2.75, 3.05) is 34.3 Å². The highest BCUT2D eigenvalue weighted by molar-refractivity contribution is 9.10. The summed E-state index contributed by atoms with van der Waals surface area (Å²) in [5.41, 5.74) is 0.658. The SMILES string of the molecule is COc1ccc(Br)c(C(NCCN(C)C)C(=O)O)c1. The Labute approximate surface area is 121 Å². The fraction of sp³-hybridized carbons (Fsp3) is 0.462. The van der Waals surface area contributed by atoms with Crippen molar-refractivity contribution >= 4 is 21.9 Å². The Bertz CT molecular complexity index is 438. The molecule has 1 aromatic rings. The van der Waals surface area contributed by atoms with Crippen molar-refractivity contribution < 1.29 is 14.6 Å². The molecule has 0 aromatic heterocycles. The number of benzene rings is 1. The molecule has 0 bridgehead atoms. The molecule has 6 heteroatoms. The van der Waals surface area contributed by atoms with Gasteiger partial charge in [-0.2, -0.15) is 0 Å². The van der Waals surface area contributed by atoms with Gasteiger partial charge in [0.25, 0.3) is 0 Å². The second-order valence-corrected chi connectivity index (χ2v) is 5.27. The average Bonchev–Trinajstić information content (AvgIpc) is 2.35. The summed E-state index contributed by atoms with van der Waals surface area (Å²) in [6, 6.07) is 4.54. The molecule has 1 unspecified atom stereocenters. The first-order valence-electron chi connectivity index (χ1n) is 5.90. The van der Waals surface area contributed by atoms with Crippen molar-refractivity contribution in [1.82, 2.24) is 10.2 Å². The van der Waals surface area contributed by atoms with Crippen LogP contribution in [0.2, 0.25) is 0 Å². The maximum atomic E-state index is 11.4. The second-order valence-electron chi connectivity index (χ2n) is 4.42. The lowest BCUT2D eigenvalue weighted by Crippen LogP contribution is -2.34. The number of carboxylic acid groups (broad SMARTS) is 1. The van der Waals surface area contributed by atoms with E-state index in [-0.39, 0.29) is 0 Å². The van der Waals surface area contributed by atoms with Gasteiger partial charge in [0.05, 0.1) is 7.11 Å². The molecular formula is C13H19BrN2O3. The Balaban J connectivity index is 2.89. The number of carbonyl (C=O) groups is 1. The van der Waals surface area contributed by atoms with E-state index in [1.54, 1.807) is 25.3 Å². The van der Waals surface area contributed by atoms with Gasteiger partial charge >= 0.3 is 5.97 Å². The number of nitrogens with one attached hydrogen (secondary N) is 1. The molecule has 0 aliphatic carbocycles. The van der Waals surface area contributed by atoms with Gasteiger partial charge in [-0.05, 0) is 37.9 Å². The molecule has 0 amide bonds. The predicted molar refractivity (Wildman–Crippen MR) is 77.6 cm³/mol. The molecule has 2 N–H and O–H groups in total. The lowest BCUT2D eigenvalue weighted by Gasteiger charge is -2.18. The molecule has 0 heterocycles. The van der Waals surface area contributed by atoms with Crippen molar-refractivity contribution in [2.45, 2.75) is 6.04 Å². The van der Waals surface area contributed by atoms with Crippen molar-refractivity contribution in [1.29, 1.82) is 0 Å². The molecule has 0 spiro atoms. The Morgan fingerprint density at radius 2 is 2.21 bits per heavy atom. The fourth-order valence-electron chi connectivity index (χ4n) is 1.63. The van der Waals surface area contributed by atoms with Crippen LogP contribution in [0.1, 0.15) is 11.6 Å². The third-order valence-corrected chi connectivity index (χ3v) is 3.39. The Hall–Kier alpha value is -1.11. The van der Waals surface area contributed by atoms with Gasteiger partial charge < -0.3 is 14.7 Å². The summed E-state index contributed by atoms with van der Waals surface area (Å²) in [6.07, 6.45) is 0. The highest BCUT2D eigenvalue weighted by Crippen LogP contribution is 2.28. The Morgan fingerprint density at radius 1 is 1.53 bits per heavy atom. The molecule has 0 aliphatic rings. The van der Waals surface area contributed by atoms with E-state index in [0.29, 0.717) is 17.9 Å². The largest absolute Gasteiger partial charge is 0.497 e. The molecule has 106 valence electrons. The highest BCUT2D eigenvalue weighted by Gasteiger charge is 2.22. The molecule has 1 atom stereocenters. The van der Waals surface area contributed by atoms with Crippen molar-refractivity contribution in [3.05, 3.63) is 28.2 Å². The van der Waals surface area contributed by atoms with E-state index in [4.69, 9.17) is 4.74 Å². The number of hydrogen-bond acceptors (Lipinski definition) is 4. The number of halogens is 1. The number of methoxy groups -OCH3 is 1. The Kier molecular flexibility index (Phi) is 6.27. The molecule has 0 radical (unpaired) electrons. The van der Waals surface area contributed by atoms with E-state index in [1.807, 2.05) is 19.0 Å². The standard InChI is InChI=1S/C13H19BrN2O3/c1-16(2)7-6-15-12(13(17)18)10-8-9(19-3)4-5-11(10)14/h4-5,8,12,15H,6-7H2,1-3H3,(H,17,18). The second kappa shape index (κ2) is 7.47. The molecule has 1 aromatic carbocycles. The molecule has 1 rings (SSSR count). The quantitative estimate of drug-likeness (QED) is 0.797. The zero-order valence-electron chi connectivity index (χ0n) is 11.3. The zero-order valence-corrected chi connectivity index (χ0v) is 12.9. The van der Waals surface area contributed by atoms with Crippen molar-refractivity contribution in [3.8, 4) is 5.75 Å². The van der Waals surface area contributed by atoms with Gasteiger partial charge in [0.1, 0.15) is 11.8 Å². The number of carboxylic acids is 1. The smallest absolute Gasteiger partial charge is 0.325 e. The summed E-state index contributed by atoms with van der Waals surface area (Å²) in [5, 5.41) is 12.4. The van der Waals surface area contributed by atoms with Gasteiger partial charge in [0.15, 0.2) is 0 Å². The van der Waals surface area contributed by atoms with Gasteiger partial charge in [0, 0.05) is 17.6 Å². The van der Waals surface area contributed by atoms with Crippen LogP contribution in [0.5, 0.6) is 5.75 Å². The first-order valence-corrected chi connectivity index (χ1v) is 6.69. The zero-order chi connectivity index (χ0) is 14.4. The number of aliphatic carboxylic acids is 1. The van der Waals surface area contributed by atoms with Gasteiger partial charge in [-0.1, -0.05) is 15.9 Å². The minimum atomic E-state index is -0.910. The number of likely N-dealkylation sites (N-methyl/N-ethyl adjacent to an activating group) is 1. The highest BCUT2D eigenvalue weighted by atomic mass is 79.9. The molecule has 0 saturated heterocycles. The fourth-order valence-corrected chi connectivity index (χ4v) is 2.11. The van der Waals surface area contributed by atoms with E-state index >= 15 is 0 Å². The molecular weight excluding hydrogens is 312 g/mol. The summed E-state index contributed by atoms with van der Waals surface area (Å²) in [7, 11) is 5.44. The van der Waals surface area contributed by atoms with Crippen molar-refractivity contribution in [2.24, 2.45) is 0 Å². The van der Waals surface area contributed by atoms with Crippen LogP contribution in [-0.2, 0) is 4.79 Å². The van der Waals surface area contributed by atoms with E-state index < -0.39 is 12.0 Å². The minimum Gasteiger partial charge on any atom is -0.497 e. The van der Waals surface area contributed by atoms with Crippen LogP contribution >= 0.6 is 15.9 Å². The summed E-state index contributed by atoms with van der Waals surface area (Å²) in [4.78, 5) is 13.4. The minimum absolute atomic E-state index is 0.591. The third kappa shape index (κ3) is 4.81. The number of nitrogens with zero attached hydrogens (tertiary/aromatic N) is 1. The van der Waals surface area contributed by atoms with Crippen LogP contribution in [0.15, 0.2) is 22.7 Å². The number of rotatable bonds is 7. The normalized spacial score (nSPS) is 12.5. The van der Waals surface area contributed by atoms with Gasteiger partial charge in [-0.3, -0.25) is 10.1 Å². The molecule has 0 fully saturated rings. The van der Waals surface area contributed by atoms with Crippen LogP contribution < -0.4 is 10.1 Å². The lowest BCUT2D eigenvalue weighted by molar-refractivity contribution is -0.139. The number of hydrogen-bond donors (Lipinski definition) is 2. The van der Waals surface area contributed by atoms with Gasteiger partial charge in [-0.25, -0.2) is 0 Å². The molecule has 5 nitrogen and oxygen atoms in total. The van der Waals surface area contributed by atoms with Crippen LogP contribution in [0, 0.1) is 0 Å². The van der Waals surface area contributed by atoms with E-state index in [9.17, 15) is 9.90 Å². The van der Waals surface area contributed by atoms with E-state index in [0.717, 1.165) is 11.0 Å². The molecule has 19 heavy (non-hydrogen) atoms.